The van der Waals surface area contributed by atoms with Crippen LogP contribution in [0.3, 0.4) is 0 Å². The maximum atomic E-state index is 14.5. The molecule has 0 aliphatic carbocycles. The van der Waals surface area contributed by atoms with Crippen molar-refractivity contribution in [1.82, 2.24) is 5.32 Å². The van der Waals surface area contributed by atoms with Crippen LogP contribution in [0.25, 0.3) is 0 Å². The van der Waals surface area contributed by atoms with E-state index in [4.69, 9.17) is 18.9 Å². The SMILES string of the molecule is COc1c(F)c(F)c(C(=O)NC2[C@@H](OC(C)=O)C(COC(C)=O)O[C@@H](Br)[C@H]2OC(C)=O)c(F)c1F. The van der Waals surface area contributed by atoms with Crippen LogP contribution < -0.4 is 10.1 Å². The largest absolute Gasteiger partial charge is 0.491 e. The van der Waals surface area contributed by atoms with Gasteiger partial charge in [-0.2, -0.15) is 8.78 Å². The highest BCUT2D eigenvalue weighted by Gasteiger charge is 2.50. The van der Waals surface area contributed by atoms with Gasteiger partial charge in [-0.3, -0.25) is 19.2 Å². The molecule has 1 aromatic rings. The number of alkyl halides is 1. The van der Waals surface area contributed by atoms with Crippen LogP contribution in [-0.4, -0.2) is 66.9 Å². The number of carbonyl (C=O) groups excluding carboxylic acids is 4. The first-order valence-electron chi connectivity index (χ1n) is 9.78. The average molecular weight is 574 g/mol. The summed E-state index contributed by atoms with van der Waals surface area (Å²) in [7, 11) is 0.759. The Morgan fingerprint density at radius 2 is 1.40 bits per heavy atom. The van der Waals surface area contributed by atoms with Crippen LogP contribution in [0.4, 0.5) is 17.6 Å². The molecule has 0 radical (unpaired) electrons. The number of hydrogen-bond acceptors (Lipinski definition) is 9. The van der Waals surface area contributed by atoms with E-state index in [2.05, 4.69) is 26.0 Å². The molecule has 5 atom stereocenters. The van der Waals surface area contributed by atoms with Crippen molar-refractivity contribution < 1.29 is 60.4 Å². The van der Waals surface area contributed by atoms with Gasteiger partial charge in [0.2, 0.25) is 11.6 Å². The highest BCUT2D eigenvalue weighted by Crippen LogP contribution is 2.32. The summed E-state index contributed by atoms with van der Waals surface area (Å²) in [5, 5.41) is 0.850. The predicted molar refractivity (Wildman–Crippen MR) is 109 cm³/mol. The number of methoxy groups -OCH3 is 1. The number of esters is 3. The zero-order valence-corrected chi connectivity index (χ0v) is 20.2. The summed E-state index contributed by atoms with van der Waals surface area (Å²) in [4.78, 5) is 47.4. The third kappa shape index (κ3) is 6.39. The van der Waals surface area contributed by atoms with Crippen molar-refractivity contribution in [3.8, 4) is 5.75 Å². The molecule has 1 amide bonds. The maximum absolute atomic E-state index is 14.5. The molecule has 1 fully saturated rings. The van der Waals surface area contributed by atoms with Crippen LogP contribution in [-0.2, 0) is 33.3 Å². The van der Waals surface area contributed by atoms with Crippen LogP contribution >= 0.6 is 15.9 Å². The lowest BCUT2D eigenvalue weighted by Crippen LogP contribution is -2.65. The van der Waals surface area contributed by atoms with E-state index in [0.717, 1.165) is 27.9 Å². The Kier molecular flexibility index (Phi) is 9.43. The van der Waals surface area contributed by atoms with Gasteiger partial charge in [0.15, 0.2) is 34.6 Å². The number of carbonyl (C=O) groups is 4. The van der Waals surface area contributed by atoms with Gasteiger partial charge in [0, 0.05) is 20.8 Å². The number of hydrogen-bond donors (Lipinski definition) is 1. The van der Waals surface area contributed by atoms with E-state index in [-0.39, 0.29) is 0 Å². The van der Waals surface area contributed by atoms with Gasteiger partial charge in [0.25, 0.3) is 5.91 Å². The Balaban J connectivity index is 2.55. The van der Waals surface area contributed by atoms with Crippen LogP contribution in [0, 0.1) is 23.3 Å². The minimum absolute atomic E-state index is 0.511. The Morgan fingerprint density at radius 3 is 1.86 bits per heavy atom. The zero-order chi connectivity index (χ0) is 26.6. The fourth-order valence-electron chi connectivity index (χ4n) is 3.27. The van der Waals surface area contributed by atoms with Crippen molar-refractivity contribution in [3.63, 3.8) is 0 Å². The maximum Gasteiger partial charge on any atom is 0.303 e. The summed E-state index contributed by atoms with van der Waals surface area (Å²) in [6.07, 6.45) is -4.30. The molecule has 10 nitrogen and oxygen atoms in total. The van der Waals surface area contributed by atoms with Crippen LogP contribution in [0.5, 0.6) is 5.75 Å². The molecule has 0 aromatic heterocycles. The molecule has 0 spiro atoms. The summed E-state index contributed by atoms with van der Waals surface area (Å²) < 4.78 is 82.2. The highest BCUT2D eigenvalue weighted by atomic mass is 79.9. The predicted octanol–water partition coefficient (Wildman–Crippen LogP) is 1.90. The fraction of sp³-hybridized carbons (Fsp3) is 0.500. The first-order valence-corrected chi connectivity index (χ1v) is 10.7. The number of amides is 1. The van der Waals surface area contributed by atoms with E-state index in [1.165, 1.54) is 0 Å². The van der Waals surface area contributed by atoms with Gasteiger partial charge in [-0.1, -0.05) is 15.9 Å². The molecular weight excluding hydrogens is 554 g/mol. The Morgan fingerprint density at radius 1 is 0.886 bits per heavy atom. The van der Waals surface area contributed by atoms with Crippen molar-refractivity contribution in [2.75, 3.05) is 13.7 Å². The second-order valence-corrected chi connectivity index (χ2v) is 8.04. The van der Waals surface area contributed by atoms with Gasteiger partial charge in [-0.25, -0.2) is 8.78 Å². The Hall–Kier alpha value is -2.94. The summed E-state index contributed by atoms with van der Waals surface area (Å²) in [5.41, 5.74) is -1.65. The quantitative estimate of drug-likeness (QED) is 0.171. The molecule has 2 unspecified atom stereocenters. The number of halogens is 5. The molecular formula is C20H20BrF4NO9. The van der Waals surface area contributed by atoms with Crippen molar-refractivity contribution in [1.29, 1.82) is 0 Å². The molecule has 1 aliphatic rings. The van der Waals surface area contributed by atoms with Gasteiger partial charge < -0.3 is 29.0 Å². The molecule has 35 heavy (non-hydrogen) atoms. The van der Waals surface area contributed by atoms with E-state index in [1.54, 1.807) is 0 Å². The lowest BCUT2D eigenvalue weighted by molar-refractivity contribution is -0.202. The van der Waals surface area contributed by atoms with Crippen molar-refractivity contribution in [2.45, 2.75) is 50.1 Å². The number of ether oxygens (including phenoxy) is 5. The number of benzene rings is 1. The Bertz CT molecular complexity index is 996. The Labute approximate surface area is 204 Å². The fourth-order valence-corrected chi connectivity index (χ4v) is 3.99. The van der Waals surface area contributed by atoms with Crippen molar-refractivity contribution in [2.24, 2.45) is 0 Å². The average Bonchev–Trinajstić information content (AvgIpc) is 2.75. The molecule has 194 valence electrons. The van der Waals surface area contributed by atoms with E-state index in [1.807, 2.05) is 0 Å². The van der Waals surface area contributed by atoms with E-state index in [9.17, 15) is 36.7 Å². The molecule has 1 saturated heterocycles. The minimum Gasteiger partial charge on any atom is -0.491 e. The van der Waals surface area contributed by atoms with Crippen LogP contribution in [0.15, 0.2) is 0 Å². The van der Waals surface area contributed by atoms with Gasteiger partial charge in [-0.15, -0.1) is 0 Å². The molecule has 1 aromatic carbocycles. The highest BCUT2D eigenvalue weighted by molar-refractivity contribution is 9.09. The first kappa shape index (κ1) is 28.3. The van der Waals surface area contributed by atoms with Crippen LogP contribution in [0.2, 0.25) is 0 Å². The van der Waals surface area contributed by atoms with Crippen molar-refractivity contribution >= 4 is 39.7 Å². The monoisotopic (exact) mass is 573 g/mol. The smallest absolute Gasteiger partial charge is 0.303 e. The minimum atomic E-state index is -2.06. The normalized spacial score (nSPS) is 23.7. The van der Waals surface area contributed by atoms with Crippen LogP contribution in [0.1, 0.15) is 31.1 Å². The van der Waals surface area contributed by atoms with E-state index < -0.39 is 94.4 Å². The second-order valence-electron chi connectivity index (χ2n) is 7.14. The molecule has 1 heterocycles. The topological polar surface area (TPSA) is 126 Å². The van der Waals surface area contributed by atoms with Gasteiger partial charge >= 0.3 is 17.9 Å². The molecule has 2 rings (SSSR count). The van der Waals surface area contributed by atoms with Crippen molar-refractivity contribution in [3.05, 3.63) is 28.8 Å². The second kappa shape index (κ2) is 11.7. The van der Waals surface area contributed by atoms with E-state index in [0.29, 0.717) is 0 Å². The first-order chi connectivity index (χ1) is 16.3. The molecule has 1 N–H and O–H groups in total. The summed E-state index contributed by atoms with van der Waals surface area (Å²) in [6.45, 7) is 2.55. The number of rotatable bonds is 7. The third-order valence-electron chi connectivity index (χ3n) is 4.64. The summed E-state index contributed by atoms with van der Waals surface area (Å²) in [6, 6.07) is -1.60. The van der Waals surface area contributed by atoms with Gasteiger partial charge in [0.05, 0.1) is 7.11 Å². The molecule has 0 bridgehead atoms. The van der Waals surface area contributed by atoms with Gasteiger partial charge in [0.1, 0.15) is 24.3 Å². The molecule has 15 heteroatoms. The third-order valence-corrected chi connectivity index (χ3v) is 5.38. The molecule has 0 saturated carbocycles. The zero-order valence-electron chi connectivity index (χ0n) is 18.7. The van der Waals surface area contributed by atoms with Gasteiger partial charge in [-0.05, 0) is 0 Å². The lowest BCUT2D eigenvalue weighted by Gasteiger charge is -2.43. The standard InChI is InChI=1S/C20H20BrF4NO9/c1-6(27)32-5-9-16(33-7(2)28)15(18(19(21)35-9)34-8(3)29)26-20(30)10-11(22)13(24)17(31-4)14(25)12(10)23/h9,15-16,18-19H,5H2,1-4H3,(H,26,30)/t9?,15?,16-,18-,19+/m0/s1. The van der Waals surface area contributed by atoms with E-state index >= 15 is 0 Å². The number of nitrogens with one attached hydrogen (secondary N) is 1. The molecule has 1 aliphatic heterocycles. The summed E-state index contributed by atoms with van der Waals surface area (Å²) in [5.74, 6) is -13.7. The summed E-state index contributed by atoms with van der Waals surface area (Å²) >= 11 is 3.07. The lowest BCUT2D eigenvalue weighted by atomic mass is 9.96.